The molecule has 0 aliphatic carbocycles. The lowest BCUT2D eigenvalue weighted by Gasteiger charge is -2.33. The summed E-state index contributed by atoms with van der Waals surface area (Å²) in [7, 11) is 0. The number of nitrogens with zero attached hydrogens (tertiary/aromatic N) is 2. The van der Waals surface area contributed by atoms with Gasteiger partial charge in [-0.25, -0.2) is 4.99 Å². The van der Waals surface area contributed by atoms with Gasteiger partial charge in [-0.15, -0.1) is 0 Å². The van der Waals surface area contributed by atoms with Crippen molar-refractivity contribution in [1.82, 2.24) is 0 Å². The summed E-state index contributed by atoms with van der Waals surface area (Å²) in [6.45, 7) is 0. The monoisotopic (exact) mass is 369 g/mol. The van der Waals surface area contributed by atoms with E-state index in [1.165, 1.54) is 0 Å². The molecule has 3 nitrogen and oxygen atoms in total. The number of nitriles is 1. The maximum absolute atomic E-state index is 10.0. The Bertz CT molecular complexity index is 1040. The van der Waals surface area contributed by atoms with Crippen molar-refractivity contribution < 1.29 is 0 Å². The van der Waals surface area contributed by atoms with Gasteiger partial charge in [0.1, 0.15) is 17.3 Å². The molecule has 0 spiro atoms. The van der Waals surface area contributed by atoms with Crippen LogP contribution in [0.5, 0.6) is 0 Å². The molecule has 0 radical (unpaired) electrons. The molecule has 3 aromatic carbocycles. The predicted octanol–water partition coefficient (Wildman–Crippen LogP) is 4.82. The zero-order chi connectivity index (χ0) is 18.9. The van der Waals surface area contributed by atoms with Gasteiger partial charge >= 0.3 is 0 Å². The first kappa shape index (κ1) is 17.1. The number of hydrogen-bond donors (Lipinski definition) is 1. The summed E-state index contributed by atoms with van der Waals surface area (Å²) in [6.07, 6.45) is 0. The summed E-state index contributed by atoms with van der Waals surface area (Å²) in [5.41, 5.74) is 9.31. The predicted molar refractivity (Wildman–Crippen MR) is 108 cm³/mol. The van der Waals surface area contributed by atoms with Gasteiger partial charge in [-0.1, -0.05) is 84.4 Å². The molecule has 3 aromatic rings. The molecule has 2 N–H and O–H groups in total. The van der Waals surface area contributed by atoms with Crippen LogP contribution in [0.4, 0.5) is 0 Å². The van der Waals surface area contributed by atoms with Crippen LogP contribution in [0.15, 0.2) is 101 Å². The second kappa shape index (κ2) is 6.75. The van der Waals surface area contributed by atoms with Crippen molar-refractivity contribution in [1.29, 1.82) is 5.26 Å². The van der Waals surface area contributed by atoms with E-state index >= 15 is 0 Å². The molecule has 0 saturated carbocycles. The van der Waals surface area contributed by atoms with E-state index in [1.807, 2.05) is 84.9 Å². The SMILES string of the molecule is N#CC1=C(N)N=C(c2ccc(Cl)cc2)C1(c1ccccc1)c1ccccc1. The summed E-state index contributed by atoms with van der Waals surface area (Å²) in [6, 6.07) is 29.6. The first-order chi connectivity index (χ1) is 13.2. The lowest BCUT2D eigenvalue weighted by molar-refractivity contribution is 0.842. The maximum Gasteiger partial charge on any atom is 0.139 e. The van der Waals surface area contributed by atoms with Crippen molar-refractivity contribution in [3.05, 3.63) is 118 Å². The van der Waals surface area contributed by atoms with Gasteiger partial charge in [-0.05, 0) is 28.8 Å². The van der Waals surface area contributed by atoms with Crippen LogP contribution in [0, 0.1) is 11.3 Å². The van der Waals surface area contributed by atoms with Crippen LogP contribution in [0.25, 0.3) is 0 Å². The molecule has 0 saturated heterocycles. The van der Waals surface area contributed by atoms with E-state index in [0.717, 1.165) is 22.4 Å². The van der Waals surface area contributed by atoms with Crippen LogP contribution in [-0.2, 0) is 5.41 Å². The summed E-state index contributed by atoms with van der Waals surface area (Å²) >= 11 is 6.08. The minimum absolute atomic E-state index is 0.246. The van der Waals surface area contributed by atoms with E-state index in [1.54, 1.807) is 0 Å². The second-order valence-corrected chi connectivity index (χ2v) is 6.76. The Morgan fingerprint density at radius 2 is 1.33 bits per heavy atom. The Kier molecular flexibility index (Phi) is 4.27. The van der Waals surface area contributed by atoms with Crippen molar-refractivity contribution in [2.75, 3.05) is 0 Å². The van der Waals surface area contributed by atoms with Gasteiger partial charge in [-0.3, -0.25) is 0 Å². The Morgan fingerprint density at radius 1 is 0.815 bits per heavy atom. The Hall–Kier alpha value is -3.35. The largest absolute Gasteiger partial charge is 0.383 e. The van der Waals surface area contributed by atoms with Crippen molar-refractivity contribution in [3.63, 3.8) is 0 Å². The van der Waals surface area contributed by atoms with Crippen LogP contribution in [-0.4, -0.2) is 5.71 Å². The molecule has 0 aromatic heterocycles. The molecule has 0 unspecified atom stereocenters. The highest BCUT2D eigenvalue weighted by molar-refractivity contribution is 6.30. The molecule has 1 aliphatic rings. The third-order valence-corrected chi connectivity index (χ3v) is 5.11. The van der Waals surface area contributed by atoms with Gasteiger partial charge in [0, 0.05) is 5.02 Å². The average Bonchev–Trinajstić information content (AvgIpc) is 3.03. The normalized spacial score (nSPS) is 15.3. The minimum atomic E-state index is -0.866. The van der Waals surface area contributed by atoms with Crippen LogP contribution in [0.1, 0.15) is 16.7 Å². The van der Waals surface area contributed by atoms with E-state index in [-0.39, 0.29) is 5.82 Å². The topological polar surface area (TPSA) is 62.2 Å². The molecular formula is C23H16ClN3. The Labute approximate surface area is 163 Å². The molecule has 1 aliphatic heterocycles. The molecule has 0 bridgehead atoms. The highest BCUT2D eigenvalue weighted by Gasteiger charge is 2.48. The van der Waals surface area contributed by atoms with Crippen LogP contribution in [0.3, 0.4) is 0 Å². The fraction of sp³-hybridized carbons (Fsp3) is 0.0435. The highest BCUT2D eigenvalue weighted by Crippen LogP contribution is 2.46. The third kappa shape index (κ3) is 2.63. The lowest BCUT2D eigenvalue weighted by Crippen LogP contribution is -2.37. The maximum atomic E-state index is 10.0. The van der Waals surface area contributed by atoms with E-state index in [2.05, 4.69) is 11.1 Å². The number of benzene rings is 3. The molecule has 130 valence electrons. The van der Waals surface area contributed by atoms with Crippen LogP contribution in [0.2, 0.25) is 5.02 Å². The van der Waals surface area contributed by atoms with Gasteiger partial charge in [0.25, 0.3) is 0 Å². The van der Waals surface area contributed by atoms with Gasteiger partial charge in [0.15, 0.2) is 0 Å². The first-order valence-electron chi connectivity index (χ1n) is 8.54. The smallest absolute Gasteiger partial charge is 0.139 e. The van der Waals surface area contributed by atoms with Crippen molar-refractivity contribution >= 4 is 17.3 Å². The highest BCUT2D eigenvalue weighted by atomic mass is 35.5. The van der Waals surface area contributed by atoms with Crippen molar-refractivity contribution in [3.8, 4) is 6.07 Å². The molecular weight excluding hydrogens is 354 g/mol. The number of halogens is 1. The molecule has 0 amide bonds. The fourth-order valence-corrected chi connectivity index (χ4v) is 3.83. The number of rotatable bonds is 3. The fourth-order valence-electron chi connectivity index (χ4n) is 3.71. The standard InChI is InChI=1S/C23H16ClN3/c24-19-13-11-16(12-14-19)21-23(17-7-3-1-4-8-17,18-9-5-2-6-10-18)20(15-25)22(26)27-21/h1-14H,26H2. The van der Waals surface area contributed by atoms with Gasteiger partial charge < -0.3 is 5.73 Å². The third-order valence-electron chi connectivity index (χ3n) is 4.86. The second-order valence-electron chi connectivity index (χ2n) is 6.32. The molecule has 27 heavy (non-hydrogen) atoms. The first-order valence-corrected chi connectivity index (χ1v) is 8.92. The molecule has 4 heteroatoms. The Morgan fingerprint density at radius 3 is 1.81 bits per heavy atom. The van der Waals surface area contributed by atoms with Crippen LogP contribution >= 0.6 is 11.6 Å². The quantitative estimate of drug-likeness (QED) is 0.719. The summed E-state index contributed by atoms with van der Waals surface area (Å²) in [5.74, 6) is 0.246. The van der Waals surface area contributed by atoms with E-state index in [4.69, 9.17) is 17.3 Å². The number of nitrogens with two attached hydrogens (primary N) is 1. The molecule has 1 heterocycles. The number of hydrogen-bond acceptors (Lipinski definition) is 3. The van der Waals surface area contributed by atoms with Crippen molar-refractivity contribution in [2.45, 2.75) is 5.41 Å². The number of aliphatic imine (C=N–C) groups is 1. The molecule has 0 fully saturated rings. The zero-order valence-electron chi connectivity index (χ0n) is 14.4. The van der Waals surface area contributed by atoms with E-state index in [0.29, 0.717) is 10.6 Å². The minimum Gasteiger partial charge on any atom is -0.383 e. The van der Waals surface area contributed by atoms with Gasteiger partial charge in [0.2, 0.25) is 0 Å². The summed E-state index contributed by atoms with van der Waals surface area (Å²) < 4.78 is 0. The lowest BCUT2D eigenvalue weighted by atomic mass is 9.65. The molecule has 0 atom stereocenters. The summed E-state index contributed by atoms with van der Waals surface area (Å²) in [4.78, 5) is 4.66. The van der Waals surface area contributed by atoms with Gasteiger partial charge in [-0.2, -0.15) is 5.26 Å². The molecule has 4 rings (SSSR count). The van der Waals surface area contributed by atoms with E-state index < -0.39 is 5.41 Å². The van der Waals surface area contributed by atoms with Crippen LogP contribution < -0.4 is 5.73 Å². The number of allylic oxidation sites excluding steroid dienone is 1. The van der Waals surface area contributed by atoms with Crippen molar-refractivity contribution in [2.24, 2.45) is 10.7 Å². The van der Waals surface area contributed by atoms with Gasteiger partial charge in [0.05, 0.1) is 11.3 Å². The average molecular weight is 370 g/mol. The summed E-state index contributed by atoms with van der Waals surface area (Å²) in [5, 5.41) is 10.7. The zero-order valence-corrected chi connectivity index (χ0v) is 15.2. The Balaban J connectivity index is 2.09. The van der Waals surface area contributed by atoms with E-state index in [9.17, 15) is 5.26 Å².